The normalized spacial score (nSPS) is 15.1. The number of aromatic nitrogens is 3. The van der Waals surface area contributed by atoms with Crippen LogP contribution in [0.1, 0.15) is 34.8 Å². The highest BCUT2D eigenvalue weighted by atomic mass is 19.1. The second-order valence-electron chi connectivity index (χ2n) is 6.41. The van der Waals surface area contributed by atoms with Crippen molar-refractivity contribution in [3.63, 3.8) is 0 Å². The molecule has 0 saturated heterocycles. The monoisotopic (exact) mass is 356 g/mol. The highest BCUT2D eigenvalue weighted by Gasteiger charge is 2.26. The number of hydrogen-bond donors (Lipinski definition) is 2. The predicted octanol–water partition coefficient (Wildman–Crippen LogP) is 1.57. The first-order valence-corrected chi connectivity index (χ1v) is 8.29. The second kappa shape index (κ2) is 6.06. The summed E-state index contributed by atoms with van der Waals surface area (Å²) in [6.45, 7) is 2.80. The average molecular weight is 356 g/mol. The van der Waals surface area contributed by atoms with Gasteiger partial charge in [0.05, 0.1) is 30.6 Å². The van der Waals surface area contributed by atoms with Crippen molar-refractivity contribution in [2.75, 3.05) is 6.54 Å². The number of carbonyl (C=O) groups excluding carboxylic acids is 1. The fourth-order valence-corrected chi connectivity index (χ4v) is 3.19. The summed E-state index contributed by atoms with van der Waals surface area (Å²) < 4.78 is 15.2. The lowest BCUT2D eigenvalue weighted by Gasteiger charge is -2.27. The number of halogens is 1. The minimum Gasteiger partial charge on any atom is -0.387 e. The van der Waals surface area contributed by atoms with Gasteiger partial charge in [-0.25, -0.2) is 4.39 Å². The summed E-state index contributed by atoms with van der Waals surface area (Å²) >= 11 is 0. The van der Waals surface area contributed by atoms with Gasteiger partial charge < -0.3 is 15.0 Å². The van der Waals surface area contributed by atoms with Crippen LogP contribution in [0.15, 0.2) is 35.3 Å². The van der Waals surface area contributed by atoms with Crippen LogP contribution in [0.2, 0.25) is 0 Å². The van der Waals surface area contributed by atoms with E-state index in [-0.39, 0.29) is 10.9 Å². The second-order valence-corrected chi connectivity index (χ2v) is 6.41. The van der Waals surface area contributed by atoms with Crippen LogP contribution in [0.5, 0.6) is 0 Å². The van der Waals surface area contributed by atoms with Crippen molar-refractivity contribution in [3.05, 3.63) is 63.5 Å². The van der Waals surface area contributed by atoms with Gasteiger partial charge in [-0.1, -0.05) is 0 Å². The zero-order valence-electron chi connectivity index (χ0n) is 14.1. The molecule has 7 nitrogen and oxygen atoms in total. The molecule has 0 unspecified atom stereocenters. The molecule has 4 rings (SSSR count). The summed E-state index contributed by atoms with van der Waals surface area (Å²) in [6, 6.07) is 5.61. The van der Waals surface area contributed by atoms with Crippen LogP contribution in [-0.2, 0) is 13.1 Å². The molecule has 2 N–H and O–H groups in total. The minimum absolute atomic E-state index is 0.0215. The highest BCUT2D eigenvalue weighted by Crippen LogP contribution is 2.19. The average Bonchev–Trinajstić information content (AvgIpc) is 3.05. The van der Waals surface area contributed by atoms with E-state index in [0.29, 0.717) is 30.8 Å². The Kier molecular flexibility index (Phi) is 3.84. The van der Waals surface area contributed by atoms with Crippen LogP contribution < -0.4 is 5.43 Å². The molecule has 134 valence electrons. The Balaban J connectivity index is 1.67. The number of H-pyrrole nitrogens is 1. The Morgan fingerprint density at radius 3 is 2.92 bits per heavy atom. The summed E-state index contributed by atoms with van der Waals surface area (Å²) in [7, 11) is 0. The van der Waals surface area contributed by atoms with Gasteiger partial charge in [0.25, 0.3) is 5.91 Å². The number of hydrogen-bond acceptors (Lipinski definition) is 4. The lowest BCUT2D eigenvalue weighted by atomic mass is 10.1. The quantitative estimate of drug-likeness (QED) is 0.729. The zero-order valence-corrected chi connectivity index (χ0v) is 14.1. The Labute approximate surface area is 147 Å². The molecule has 0 bridgehead atoms. The molecule has 8 heteroatoms. The van der Waals surface area contributed by atoms with Gasteiger partial charge in [0.2, 0.25) is 5.43 Å². The van der Waals surface area contributed by atoms with E-state index in [0.717, 1.165) is 11.8 Å². The number of carbonyl (C=O) groups is 1. The van der Waals surface area contributed by atoms with Crippen molar-refractivity contribution >= 4 is 16.8 Å². The van der Waals surface area contributed by atoms with Crippen molar-refractivity contribution in [2.45, 2.75) is 26.1 Å². The molecular formula is C18H17FN4O3. The van der Waals surface area contributed by atoms with E-state index in [1.165, 1.54) is 18.3 Å². The molecule has 0 aliphatic carbocycles. The summed E-state index contributed by atoms with van der Waals surface area (Å²) in [5.41, 5.74) is 1.31. The molecule has 0 radical (unpaired) electrons. The largest absolute Gasteiger partial charge is 0.387 e. The topological polar surface area (TPSA) is 91.2 Å². The molecule has 1 aliphatic rings. The first kappa shape index (κ1) is 16.5. The summed E-state index contributed by atoms with van der Waals surface area (Å²) in [4.78, 5) is 29.9. The SMILES string of the molecule is C[C@H](O)c1cc2n(n1)CCN(C(=O)c1c[nH]c3ccc(F)cc3c1=O)C2. The molecular weight excluding hydrogens is 339 g/mol. The van der Waals surface area contributed by atoms with Gasteiger partial charge in [-0.05, 0) is 31.2 Å². The molecule has 1 aromatic carbocycles. The van der Waals surface area contributed by atoms with Gasteiger partial charge in [-0.15, -0.1) is 0 Å². The van der Waals surface area contributed by atoms with Crippen LogP contribution >= 0.6 is 0 Å². The third-order valence-electron chi connectivity index (χ3n) is 4.61. The molecule has 0 saturated carbocycles. The lowest BCUT2D eigenvalue weighted by molar-refractivity contribution is 0.0704. The van der Waals surface area contributed by atoms with Crippen LogP contribution in [-0.4, -0.2) is 37.2 Å². The summed E-state index contributed by atoms with van der Waals surface area (Å²) in [6.07, 6.45) is 0.688. The molecule has 2 aromatic heterocycles. The highest BCUT2D eigenvalue weighted by molar-refractivity contribution is 5.97. The Bertz CT molecular complexity index is 1070. The molecule has 3 heterocycles. The third kappa shape index (κ3) is 2.68. The maximum Gasteiger partial charge on any atom is 0.259 e. The zero-order chi connectivity index (χ0) is 18.4. The summed E-state index contributed by atoms with van der Waals surface area (Å²) in [5, 5.41) is 14.1. The lowest BCUT2D eigenvalue weighted by Crippen LogP contribution is -2.40. The maximum atomic E-state index is 13.5. The number of nitrogens with zero attached hydrogens (tertiary/aromatic N) is 3. The van der Waals surface area contributed by atoms with E-state index in [4.69, 9.17) is 0 Å². The minimum atomic E-state index is -0.685. The number of aromatic amines is 1. The van der Waals surface area contributed by atoms with Crippen molar-refractivity contribution in [3.8, 4) is 0 Å². The molecule has 3 aromatic rings. The number of aliphatic hydroxyl groups excluding tert-OH is 1. The van der Waals surface area contributed by atoms with Crippen LogP contribution in [0, 0.1) is 5.82 Å². The Morgan fingerprint density at radius 2 is 2.15 bits per heavy atom. The smallest absolute Gasteiger partial charge is 0.259 e. The van der Waals surface area contributed by atoms with Gasteiger partial charge in [-0.2, -0.15) is 5.10 Å². The number of pyridine rings is 1. The Hall–Kier alpha value is -3.00. The van der Waals surface area contributed by atoms with Crippen molar-refractivity contribution in [1.82, 2.24) is 19.7 Å². The molecule has 1 amide bonds. The van der Waals surface area contributed by atoms with Crippen molar-refractivity contribution in [2.24, 2.45) is 0 Å². The first-order valence-electron chi connectivity index (χ1n) is 8.29. The number of benzene rings is 1. The van der Waals surface area contributed by atoms with Crippen LogP contribution in [0.4, 0.5) is 4.39 Å². The Morgan fingerprint density at radius 1 is 1.35 bits per heavy atom. The van der Waals surface area contributed by atoms with Gasteiger partial charge in [0, 0.05) is 23.6 Å². The molecule has 0 fully saturated rings. The van der Waals surface area contributed by atoms with Crippen LogP contribution in [0.25, 0.3) is 10.9 Å². The standard InChI is InChI=1S/C18H17FN4O3/c1-10(24)16-7-12-9-22(4-5-23(12)21-16)18(26)14-8-20-15-3-2-11(19)6-13(15)17(14)25/h2-3,6-8,10,24H,4-5,9H2,1H3,(H,20,25)/t10-/m0/s1. The van der Waals surface area contributed by atoms with E-state index in [9.17, 15) is 19.1 Å². The summed E-state index contributed by atoms with van der Waals surface area (Å²) in [5.74, 6) is -0.941. The fourth-order valence-electron chi connectivity index (χ4n) is 3.19. The number of amides is 1. The van der Waals surface area contributed by atoms with E-state index in [2.05, 4.69) is 10.1 Å². The van der Waals surface area contributed by atoms with Gasteiger partial charge >= 0.3 is 0 Å². The number of aliphatic hydroxyl groups is 1. The molecule has 26 heavy (non-hydrogen) atoms. The van der Waals surface area contributed by atoms with Gasteiger partial charge in [0.15, 0.2) is 0 Å². The van der Waals surface area contributed by atoms with E-state index < -0.39 is 23.3 Å². The van der Waals surface area contributed by atoms with Crippen molar-refractivity contribution in [1.29, 1.82) is 0 Å². The van der Waals surface area contributed by atoms with Crippen molar-refractivity contribution < 1.29 is 14.3 Å². The fraction of sp³-hybridized carbons (Fsp3) is 0.278. The number of nitrogens with one attached hydrogen (secondary N) is 1. The first-order chi connectivity index (χ1) is 12.4. The maximum absolute atomic E-state index is 13.5. The predicted molar refractivity (Wildman–Crippen MR) is 92.1 cm³/mol. The van der Waals surface area contributed by atoms with E-state index >= 15 is 0 Å². The van der Waals surface area contributed by atoms with E-state index in [1.807, 2.05) is 0 Å². The van der Waals surface area contributed by atoms with E-state index in [1.54, 1.807) is 22.6 Å². The third-order valence-corrected chi connectivity index (χ3v) is 4.61. The molecule has 1 aliphatic heterocycles. The number of fused-ring (bicyclic) bond motifs is 2. The van der Waals surface area contributed by atoms with Gasteiger partial charge in [0.1, 0.15) is 11.4 Å². The van der Waals surface area contributed by atoms with Gasteiger partial charge in [-0.3, -0.25) is 14.3 Å². The molecule has 0 spiro atoms. The molecule has 1 atom stereocenters. The van der Waals surface area contributed by atoms with Crippen LogP contribution in [0.3, 0.4) is 0 Å². The number of rotatable bonds is 2.